The van der Waals surface area contributed by atoms with Crippen LogP contribution in [0, 0.1) is 5.92 Å². The Labute approximate surface area is 200 Å². The summed E-state index contributed by atoms with van der Waals surface area (Å²) in [5, 5.41) is 8.24. The zero-order valence-corrected chi connectivity index (χ0v) is 20.6. The number of nitrogens with zero attached hydrogens (tertiary/aromatic N) is 5. The van der Waals surface area contributed by atoms with Crippen LogP contribution in [0.3, 0.4) is 0 Å². The lowest BCUT2D eigenvalue weighted by molar-refractivity contribution is -0.134. The number of sulfonamides is 1. The Morgan fingerprint density at radius 1 is 1.09 bits per heavy atom. The average molecular weight is 486 g/mol. The first-order valence-corrected chi connectivity index (χ1v) is 13.1. The van der Waals surface area contributed by atoms with Crippen molar-refractivity contribution < 1.29 is 17.6 Å². The standard InChI is InChI=1S/C24H31N5O4S/c1-18(2)13-20-6-8-21(9-7-20)14-29-19(3)24(30)27(10-12-34(29,31)32)15-22-16-28(26-25-22)17-23-5-4-11-33-23/h4-9,11,16,18-19H,10,12-15,17H2,1-3H3. The van der Waals surface area contributed by atoms with Crippen LogP contribution >= 0.6 is 0 Å². The highest BCUT2D eigenvalue weighted by molar-refractivity contribution is 7.89. The molecule has 9 nitrogen and oxygen atoms in total. The maximum absolute atomic E-state index is 13.2. The van der Waals surface area contributed by atoms with E-state index in [1.165, 1.54) is 9.87 Å². The summed E-state index contributed by atoms with van der Waals surface area (Å²) < 4.78 is 34.4. The molecule has 0 aliphatic carbocycles. The van der Waals surface area contributed by atoms with Gasteiger partial charge < -0.3 is 9.32 Å². The van der Waals surface area contributed by atoms with Gasteiger partial charge in [-0.05, 0) is 42.5 Å². The van der Waals surface area contributed by atoms with Gasteiger partial charge >= 0.3 is 0 Å². The molecule has 1 atom stereocenters. The second-order valence-electron chi connectivity index (χ2n) is 9.20. The van der Waals surface area contributed by atoms with Gasteiger partial charge in [-0.2, -0.15) is 4.31 Å². The molecule has 4 rings (SSSR count). The SMILES string of the molecule is CC(C)Cc1ccc(CN2C(C)C(=O)N(Cc3cn(Cc4ccco4)nn3)CCS2(=O)=O)cc1. The van der Waals surface area contributed by atoms with E-state index in [0.717, 1.165) is 17.7 Å². The Morgan fingerprint density at radius 3 is 2.50 bits per heavy atom. The van der Waals surface area contributed by atoms with Gasteiger partial charge in [0.1, 0.15) is 24.0 Å². The highest BCUT2D eigenvalue weighted by atomic mass is 32.2. The van der Waals surface area contributed by atoms with Crippen molar-refractivity contribution in [3.63, 3.8) is 0 Å². The first-order valence-electron chi connectivity index (χ1n) is 11.5. The summed E-state index contributed by atoms with van der Waals surface area (Å²) in [6.45, 7) is 6.90. The fourth-order valence-corrected chi connectivity index (χ4v) is 5.76. The number of carbonyl (C=O) groups is 1. The number of amides is 1. The summed E-state index contributed by atoms with van der Waals surface area (Å²) in [6.07, 6.45) is 4.31. The minimum absolute atomic E-state index is 0.111. The molecule has 1 aliphatic heterocycles. The van der Waals surface area contributed by atoms with Crippen molar-refractivity contribution in [1.29, 1.82) is 0 Å². The summed E-state index contributed by atoms with van der Waals surface area (Å²) in [5.41, 5.74) is 2.68. The van der Waals surface area contributed by atoms with Gasteiger partial charge in [0.2, 0.25) is 15.9 Å². The van der Waals surface area contributed by atoms with E-state index >= 15 is 0 Å². The fraction of sp³-hybridized carbons (Fsp3) is 0.458. The number of benzene rings is 1. The fourth-order valence-electron chi connectivity index (χ4n) is 4.15. The van der Waals surface area contributed by atoms with Crippen molar-refractivity contribution in [3.8, 4) is 0 Å². The predicted octanol–water partition coefficient (Wildman–Crippen LogP) is 2.68. The number of hydrogen-bond donors (Lipinski definition) is 0. The van der Waals surface area contributed by atoms with Crippen molar-refractivity contribution >= 4 is 15.9 Å². The molecule has 0 bridgehead atoms. The summed E-state index contributed by atoms with van der Waals surface area (Å²) in [7, 11) is -3.61. The molecule has 0 N–H and O–H groups in total. The summed E-state index contributed by atoms with van der Waals surface area (Å²) >= 11 is 0. The molecule has 1 aliphatic rings. The first-order chi connectivity index (χ1) is 16.2. The predicted molar refractivity (Wildman–Crippen MR) is 127 cm³/mol. The molecular weight excluding hydrogens is 454 g/mol. The molecule has 0 saturated carbocycles. The topological polar surface area (TPSA) is 102 Å². The van der Waals surface area contributed by atoms with Crippen LogP contribution in [0.2, 0.25) is 0 Å². The lowest BCUT2D eigenvalue weighted by atomic mass is 10.0. The normalized spacial score (nSPS) is 19.0. The van der Waals surface area contributed by atoms with Crippen LogP contribution in [0.5, 0.6) is 0 Å². The van der Waals surface area contributed by atoms with E-state index in [4.69, 9.17) is 4.42 Å². The van der Waals surface area contributed by atoms with Gasteiger partial charge in [0.25, 0.3) is 0 Å². The Hall–Kier alpha value is -2.98. The Morgan fingerprint density at radius 2 is 1.82 bits per heavy atom. The number of rotatable bonds is 8. The van der Waals surface area contributed by atoms with Crippen molar-refractivity contribution in [3.05, 3.63) is 71.4 Å². The third-order valence-electron chi connectivity index (χ3n) is 5.92. The molecule has 10 heteroatoms. The van der Waals surface area contributed by atoms with E-state index in [2.05, 4.69) is 24.2 Å². The van der Waals surface area contributed by atoms with E-state index in [0.29, 0.717) is 18.2 Å². The molecule has 1 fully saturated rings. The summed E-state index contributed by atoms with van der Waals surface area (Å²) in [5.74, 6) is 0.926. The van der Waals surface area contributed by atoms with Crippen LogP contribution in [0.1, 0.15) is 43.4 Å². The lowest BCUT2D eigenvalue weighted by Gasteiger charge is -2.26. The van der Waals surface area contributed by atoms with Crippen molar-refractivity contribution in [1.82, 2.24) is 24.2 Å². The lowest BCUT2D eigenvalue weighted by Crippen LogP contribution is -2.45. The van der Waals surface area contributed by atoms with E-state index in [-0.39, 0.29) is 31.3 Å². The summed E-state index contributed by atoms with van der Waals surface area (Å²) in [4.78, 5) is 14.8. The third kappa shape index (κ3) is 5.74. The molecule has 182 valence electrons. The van der Waals surface area contributed by atoms with Gasteiger partial charge in [0, 0.05) is 13.1 Å². The molecule has 1 amide bonds. The second kappa shape index (κ2) is 10.1. The van der Waals surface area contributed by atoms with E-state index in [1.807, 2.05) is 30.3 Å². The third-order valence-corrected chi connectivity index (χ3v) is 7.78. The minimum Gasteiger partial charge on any atom is -0.467 e. The number of furan rings is 1. The second-order valence-corrected chi connectivity index (χ2v) is 11.2. The maximum atomic E-state index is 13.2. The van der Waals surface area contributed by atoms with Crippen LogP contribution in [-0.2, 0) is 40.9 Å². The first kappa shape index (κ1) is 24.2. The highest BCUT2D eigenvalue weighted by Gasteiger charge is 2.38. The molecule has 1 unspecified atom stereocenters. The summed E-state index contributed by atoms with van der Waals surface area (Å²) in [6, 6.07) is 10.8. The van der Waals surface area contributed by atoms with Gasteiger partial charge in [0.05, 0.1) is 24.8 Å². The highest BCUT2D eigenvalue weighted by Crippen LogP contribution is 2.21. The number of aromatic nitrogens is 3. The molecular formula is C24H31N5O4S. The van der Waals surface area contributed by atoms with Crippen molar-refractivity contribution in [2.24, 2.45) is 5.92 Å². The molecule has 2 aromatic heterocycles. The smallest absolute Gasteiger partial charge is 0.241 e. The van der Waals surface area contributed by atoms with Crippen LogP contribution in [0.15, 0.2) is 53.3 Å². The van der Waals surface area contributed by atoms with Crippen molar-refractivity contribution in [2.75, 3.05) is 12.3 Å². The molecule has 1 saturated heterocycles. The van der Waals surface area contributed by atoms with Crippen LogP contribution in [-0.4, -0.2) is 56.9 Å². The van der Waals surface area contributed by atoms with Gasteiger partial charge in [-0.15, -0.1) is 5.10 Å². The largest absolute Gasteiger partial charge is 0.467 e. The van der Waals surface area contributed by atoms with E-state index < -0.39 is 16.1 Å². The van der Waals surface area contributed by atoms with Crippen LogP contribution < -0.4 is 0 Å². The number of hydrogen-bond acceptors (Lipinski definition) is 6. The maximum Gasteiger partial charge on any atom is 0.241 e. The zero-order chi connectivity index (χ0) is 24.3. The van der Waals surface area contributed by atoms with Crippen LogP contribution in [0.25, 0.3) is 0 Å². The Kier molecular flexibility index (Phi) is 7.18. The molecule has 0 radical (unpaired) electrons. The molecule has 3 heterocycles. The van der Waals surface area contributed by atoms with Gasteiger partial charge in [-0.25, -0.2) is 13.1 Å². The molecule has 0 spiro atoms. The monoisotopic (exact) mass is 485 g/mol. The van der Waals surface area contributed by atoms with Gasteiger partial charge in [-0.1, -0.05) is 43.3 Å². The van der Waals surface area contributed by atoms with Gasteiger partial charge in [0.15, 0.2) is 0 Å². The van der Waals surface area contributed by atoms with E-state index in [9.17, 15) is 13.2 Å². The van der Waals surface area contributed by atoms with Gasteiger partial charge in [-0.3, -0.25) is 4.79 Å². The quantitative estimate of drug-likeness (QED) is 0.486. The Bertz CT molecular complexity index is 1200. The van der Waals surface area contributed by atoms with Crippen molar-refractivity contribution in [2.45, 2.75) is 52.9 Å². The molecule has 1 aromatic carbocycles. The van der Waals surface area contributed by atoms with E-state index in [1.54, 1.807) is 35.0 Å². The molecule has 34 heavy (non-hydrogen) atoms. The average Bonchev–Trinajstić information content (AvgIpc) is 3.45. The minimum atomic E-state index is -3.61. The zero-order valence-electron chi connectivity index (χ0n) is 19.8. The Balaban J connectivity index is 1.45. The molecule has 3 aromatic rings. The van der Waals surface area contributed by atoms with Crippen LogP contribution in [0.4, 0.5) is 0 Å². The number of carbonyl (C=O) groups excluding carboxylic acids is 1.